The molecule has 3 rings (SSSR count). The van der Waals surface area contributed by atoms with Gasteiger partial charge in [-0.2, -0.15) is 5.26 Å². The number of nitrogens with zero attached hydrogens (tertiary/aromatic N) is 2. The Labute approximate surface area is 113 Å². The highest BCUT2D eigenvalue weighted by Crippen LogP contribution is 2.27. The molecule has 2 aromatic rings. The quantitative estimate of drug-likeness (QED) is 0.807. The van der Waals surface area contributed by atoms with Gasteiger partial charge in [0.2, 0.25) is 0 Å². The maximum absolute atomic E-state index is 8.83. The van der Waals surface area contributed by atoms with Crippen molar-refractivity contribution in [3.05, 3.63) is 54.1 Å². The first-order valence-electron chi connectivity index (χ1n) is 6.72. The zero-order chi connectivity index (χ0) is 13.1. The molecule has 0 N–H and O–H groups in total. The van der Waals surface area contributed by atoms with Crippen LogP contribution in [0.15, 0.2) is 48.5 Å². The van der Waals surface area contributed by atoms with Crippen LogP contribution in [0.1, 0.15) is 18.4 Å². The first-order valence-corrected chi connectivity index (χ1v) is 6.72. The molecule has 2 nitrogen and oxygen atoms in total. The highest BCUT2D eigenvalue weighted by atomic mass is 15.1. The van der Waals surface area contributed by atoms with E-state index in [1.165, 1.54) is 29.7 Å². The molecule has 0 saturated carbocycles. The zero-order valence-electron chi connectivity index (χ0n) is 10.8. The van der Waals surface area contributed by atoms with E-state index in [1.807, 2.05) is 24.3 Å². The van der Waals surface area contributed by atoms with Crippen molar-refractivity contribution in [3.63, 3.8) is 0 Å². The van der Waals surface area contributed by atoms with Gasteiger partial charge in [0.1, 0.15) is 0 Å². The SMILES string of the molecule is N#Cc1ccc(-c2cccc(N3CCCC3)c2)cc1. The average Bonchev–Trinajstić information content (AvgIpc) is 3.02. The van der Waals surface area contributed by atoms with E-state index in [2.05, 4.69) is 35.2 Å². The van der Waals surface area contributed by atoms with E-state index in [9.17, 15) is 0 Å². The van der Waals surface area contributed by atoms with Crippen LogP contribution in [0.4, 0.5) is 5.69 Å². The summed E-state index contributed by atoms with van der Waals surface area (Å²) < 4.78 is 0. The minimum atomic E-state index is 0.708. The lowest BCUT2D eigenvalue weighted by Gasteiger charge is -2.18. The van der Waals surface area contributed by atoms with Crippen molar-refractivity contribution in [2.75, 3.05) is 18.0 Å². The number of hydrogen-bond acceptors (Lipinski definition) is 2. The van der Waals surface area contributed by atoms with Gasteiger partial charge >= 0.3 is 0 Å². The minimum Gasteiger partial charge on any atom is -0.372 e. The lowest BCUT2D eigenvalue weighted by atomic mass is 10.0. The molecule has 0 bridgehead atoms. The van der Waals surface area contributed by atoms with Gasteiger partial charge in [-0.3, -0.25) is 0 Å². The molecule has 19 heavy (non-hydrogen) atoms. The molecule has 0 aromatic heterocycles. The standard InChI is InChI=1S/C17H16N2/c18-13-14-6-8-15(9-7-14)16-4-3-5-17(12-16)19-10-1-2-11-19/h3-9,12H,1-2,10-11H2. The van der Waals surface area contributed by atoms with Crippen LogP contribution < -0.4 is 4.90 Å². The molecule has 0 atom stereocenters. The topological polar surface area (TPSA) is 27.0 Å². The van der Waals surface area contributed by atoms with Crippen molar-refractivity contribution in [3.8, 4) is 17.2 Å². The van der Waals surface area contributed by atoms with Crippen LogP contribution in [0.2, 0.25) is 0 Å². The first kappa shape index (κ1) is 11.8. The van der Waals surface area contributed by atoms with Crippen molar-refractivity contribution in [2.45, 2.75) is 12.8 Å². The van der Waals surface area contributed by atoms with Crippen molar-refractivity contribution < 1.29 is 0 Å². The second-order valence-electron chi connectivity index (χ2n) is 4.93. The Balaban J connectivity index is 1.91. The van der Waals surface area contributed by atoms with Crippen molar-refractivity contribution in [1.29, 1.82) is 5.26 Å². The summed E-state index contributed by atoms with van der Waals surface area (Å²) in [6.07, 6.45) is 2.59. The molecule has 0 amide bonds. The van der Waals surface area contributed by atoms with Crippen molar-refractivity contribution in [2.24, 2.45) is 0 Å². The first-order chi connectivity index (χ1) is 9.36. The monoisotopic (exact) mass is 248 g/mol. The summed E-state index contributed by atoms with van der Waals surface area (Å²) in [6, 6.07) is 18.6. The molecule has 1 aliphatic heterocycles. The van der Waals surface area contributed by atoms with Crippen LogP contribution in [0.5, 0.6) is 0 Å². The lowest BCUT2D eigenvalue weighted by molar-refractivity contribution is 0.949. The average molecular weight is 248 g/mol. The molecule has 1 saturated heterocycles. The summed E-state index contributed by atoms with van der Waals surface area (Å²) in [6.45, 7) is 2.33. The Morgan fingerprint density at radius 3 is 2.32 bits per heavy atom. The fourth-order valence-electron chi connectivity index (χ4n) is 2.59. The van der Waals surface area contributed by atoms with E-state index in [0.717, 1.165) is 13.1 Å². The molecule has 0 unspecified atom stereocenters. The summed E-state index contributed by atoms with van der Waals surface area (Å²) in [5.41, 5.74) is 4.40. The van der Waals surface area contributed by atoms with Gasteiger partial charge in [-0.15, -0.1) is 0 Å². The van der Waals surface area contributed by atoms with E-state index >= 15 is 0 Å². The zero-order valence-corrected chi connectivity index (χ0v) is 10.8. The van der Waals surface area contributed by atoms with Gasteiger partial charge in [-0.1, -0.05) is 24.3 Å². The normalized spacial score (nSPS) is 14.4. The van der Waals surface area contributed by atoms with E-state index in [4.69, 9.17) is 5.26 Å². The lowest BCUT2D eigenvalue weighted by Crippen LogP contribution is -2.17. The second-order valence-corrected chi connectivity index (χ2v) is 4.93. The minimum absolute atomic E-state index is 0.708. The molecule has 1 fully saturated rings. The molecule has 0 radical (unpaired) electrons. The van der Waals surface area contributed by atoms with Gasteiger partial charge in [0.15, 0.2) is 0 Å². The van der Waals surface area contributed by atoms with Gasteiger partial charge in [0, 0.05) is 18.8 Å². The molecule has 0 aliphatic carbocycles. The smallest absolute Gasteiger partial charge is 0.0991 e. The number of rotatable bonds is 2. The molecule has 94 valence electrons. The number of nitriles is 1. The Morgan fingerprint density at radius 1 is 0.895 bits per heavy atom. The number of hydrogen-bond donors (Lipinski definition) is 0. The third kappa shape index (κ3) is 2.46. The van der Waals surface area contributed by atoms with E-state index in [1.54, 1.807) is 0 Å². The summed E-state index contributed by atoms with van der Waals surface area (Å²) in [4.78, 5) is 2.44. The van der Waals surface area contributed by atoms with Crippen LogP contribution >= 0.6 is 0 Å². The van der Waals surface area contributed by atoms with E-state index in [-0.39, 0.29) is 0 Å². The maximum Gasteiger partial charge on any atom is 0.0991 e. The van der Waals surface area contributed by atoms with Gasteiger partial charge in [-0.05, 0) is 48.2 Å². The highest BCUT2D eigenvalue weighted by molar-refractivity contribution is 5.69. The van der Waals surface area contributed by atoms with Crippen LogP contribution in [0, 0.1) is 11.3 Å². The Morgan fingerprint density at radius 2 is 1.63 bits per heavy atom. The Kier molecular flexibility index (Phi) is 3.20. The molecule has 2 heteroatoms. The van der Waals surface area contributed by atoms with Crippen molar-refractivity contribution >= 4 is 5.69 Å². The summed E-state index contributed by atoms with van der Waals surface area (Å²) in [5, 5.41) is 8.83. The van der Waals surface area contributed by atoms with Crippen LogP contribution in [-0.2, 0) is 0 Å². The second kappa shape index (κ2) is 5.16. The van der Waals surface area contributed by atoms with E-state index in [0.29, 0.717) is 5.56 Å². The highest BCUT2D eigenvalue weighted by Gasteiger charge is 2.12. The van der Waals surface area contributed by atoms with E-state index < -0.39 is 0 Å². The summed E-state index contributed by atoms with van der Waals surface area (Å²) in [5.74, 6) is 0. The summed E-state index contributed by atoms with van der Waals surface area (Å²) in [7, 11) is 0. The summed E-state index contributed by atoms with van der Waals surface area (Å²) >= 11 is 0. The third-order valence-corrected chi connectivity index (χ3v) is 3.66. The van der Waals surface area contributed by atoms with Gasteiger partial charge in [0.25, 0.3) is 0 Å². The molecular formula is C17H16N2. The molecule has 0 spiro atoms. The molecular weight excluding hydrogens is 232 g/mol. The van der Waals surface area contributed by atoms with Crippen molar-refractivity contribution in [1.82, 2.24) is 0 Å². The fraction of sp³-hybridized carbons (Fsp3) is 0.235. The largest absolute Gasteiger partial charge is 0.372 e. The third-order valence-electron chi connectivity index (χ3n) is 3.66. The molecule has 2 aromatic carbocycles. The van der Waals surface area contributed by atoms with Gasteiger partial charge in [0.05, 0.1) is 11.6 Å². The Bertz CT molecular complexity index is 602. The predicted molar refractivity (Wildman–Crippen MR) is 78.0 cm³/mol. The number of anilines is 1. The Hall–Kier alpha value is -2.27. The van der Waals surface area contributed by atoms with Crippen LogP contribution in [0.25, 0.3) is 11.1 Å². The van der Waals surface area contributed by atoms with Crippen LogP contribution in [-0.4, -0.2) is 13.1 Å². The molecule has 1 heterocycles. The van der Waals surface area contributed by atoms with Gasteiger partial charge in [-0.25, -0.2) is 0 Å². The number of benzene rings is 2. The van der Waals surface area contributed by atoms with Crippen LogP contribution in [0.3, 0.4) is 0 Å². The fourth-order valence-corrected chi connectivity index (χ4v) is 2.59. The predicted octanol–water partition coefficient (Wildman–Crippen LogP) is 3.83. The maximum atomic E-state index is 8.83. The van der Waals surface area contributed by atoms with Gasteiger partial charge < -0.3 is 4.90 Å². The molecule has 1 aliphatic rings.